The molecule has 1 atom stereocenters. The number of pyridine rings is 1. The van der Waals surface area contributed by atoms with Crippen molar-refractivity contribution in [3.05, 3.63) is 81.6 Å². The van der Waals surface area contributed by atoms with Gasteiger partial charge in [-0.1, -0.05) is 68.3 Å². The molecule has 0 saturated carbocycles. The summed E-state index contributed by atoms with van der Waals surface area (Å²) in [4.78, 5) is 44.1. The van der Waals surface area contributed by atoms with Crippen LogP contribution in [0.5, 0.6) is 5.75 Å². The molecule has 3 heterocycles. The predicted octanol–water partition coefficient (Wildman–Crippen LogP) is 9.39. The zero-order valence-electron chi connectivity index (χ0n) is 31.3. The quantitative estimate of drug-likeness (QED) is 0.190. The van der Waals surface area contributed by atoms with Gasteiger partial charge in [0.25, 0.3) is 0 Å². The van der Waals surface area contributed by atoms with Crippen molar-refractivity contribution in [2.45, 2.75) is 104 Å². The standard InChI is InChI=1S/C41H55Cl2N5O3/c1-7-51-35-26-36(40(2,3)4)44-27-34(35)38(45-41(5,6)31-13-17-33(43)18-14-31)48(28-30-11-15-32(42)16-12-30)39(50)47-23-19-29(20-24-47)25-37(49)46-21-9-8-10-22-46/h11-13,15-18,26-27,29,31H,7-10,14,19-25,28H2,1-6H3. The van der Waals surface area contributed by atoms with Gasteiger partial charge >= 0.3 is 6.03 Å². The second-order valence-corrected chi connectivity index (χ2v) is 16.6. The Labute approximate surface area is 314 Å². The van der Waals surface area contributed by atoms with E-state index in [0.29, 0.717) is 53.3 Å². The minimum atomic E-state index is -0.619. The Morgan fingerprint density at radius 1 is 0.980 bits per heavy atom. The average molecular weight is 737 g/mol. The number of nitrogens with zero attached hydrogens (tertiary/aromatic N) is 5. The van der Waals surface area contributed by atoms with Gasteiger partial charge in [-0.15, -0.1) is 0 Å². The predicted molar refractivity (Wildman–Crippen MR) is 208 cm³/mol. The van der Waals surface area contributed by atoms with Crippen molar-refractivity contribution in [2.24, 2.45) is 16.8 Å². The normalized spacial score (nSPS) is 19.2. The molecule has 3 aliphatic rings. The van der Waals surface area contributed by atoms with E-state index in [1.54, 1.807) is 4.90 Å². The molecule has 0 N–H and O–H groups in total. The second kappa shape index (κ2) is 17.0. The van der Waals surface area contributed by atoms with Crippen LogP contribution >= 0.6 is 23.2 Å². The SMILES string of the molecule is CCOc1cc(C(C)(C)C)ncc1C(=NC(C)(C)C1C=CC(Cl)=CC1)N(Cc1ccc(Cl)cc1)C(=O)N1CCC(CC(=O)N2CCCCC2)CC1. The van der Waals surface area contributed by atoms with Crippen LogP contribution in [0.15, 0.2) is 64.8 Å². The van der Waals surface area contributed by atoms with Crippen LogP contribution in [0.3, 0.4) is 0 Å². The summed E-state index contributed by atoms with van der Waals surface area (Å²) in [5, 5.41) is 1.34. The first kappa shape index (κ1) is 38.9. The molecule has 8 nitrogen and oxygen atoms in total. The van der Waals surface area contributed by atoms with Gasteiger partial charge in [-0.3, -0.25) is 19.7 Å². The lowest BCUT2D eigenvalue weighted by Crippen LogP contribution is -2.50. The molecule has 5 rings (SSSR count). The number of ether oxygens (including phenoxy) is 1. The third-order valence-electron chi connectivity index (χ3n) is 10.3. The van der Waals surface area contributed by atoms with E-state index in [2.05, 4.69) is 40.7 Å². The van der Waals surface area contributed by atoms with Crippen LogP contribution < -0.4 is 4.74 Å². The summed E-state index contributed by atoms with van der Waals surface area (Å²) in [5.41, 5.74) is 1.64. The van der Waals surface area contributed by atoms with Crippen LogP contribution in [0.25, 0.3) is 0 Å². The van der Waals surface area contributed by atoms with Crippen molar-refractivity contribution in [3.63, 3.8) is 0 Å². The van der Waals surface area contributed by atoms with E-state index in [1.807, 2.05) is 65.4 Å². The Morgan fingerprint density at radius 2 is 1.67 bits per heavy atom. The van der Waals surface area contributed by atoms with Gasteiger partial charge in [0.2, 0.25) is 5.91 Å². The molecule has 2 saturated heterocycles. The number of benzene rings is 1. The lowest BCUT2D eigenvalue weighted by molar-refractivity contribution is -0.133. The summed E-state index contributed by atoms with van der Waals surface area (Å²) in [6.07, 6.45) is 14.1. The fourth-order valence-corrected chi connectivity index (χ4v) is 7.34. The Kier molecular flexibility index (Phi) is 12.9. The molecule has 0 bridgehead atoms. The zero-order chi connectivity index (χ0) is 36.8. The summed E-state index contributed by atoms with van der Waals surface area (Å²) < 4.78 is 6.30. The number of aromatic nitrogens is 1. The summed E-state index contributed by atoms with van der Waals surface area (Å²) in [5.74, 6) is 1.71. The van der Waals surface area contributed by atoms with Gasteiger partial charge in [0.1, 0.15) is 11.6 Å². The number of likely N-dealkylation sites (tertiary alicyclic amines) is 2. The highest BCUT2D eigenvalue weighted by Crippen LogP contribution is 2.35. The number of allylic oxidation sites excluding steroid dienone is 3. The van der Waals surface area contributed by atoms with Crippen molar-refractivity contribution >= 4 is 41.0 Å². The maximum absolute atomic E-state index is 14.9. The highest BCUT2D eigenvalue weighted by molar-refractivity contribution is 6.31. The van der Waals surface area contributed by atoms with Gasteiger partial charge in [-0.2, -0.15) is 0 Å². The number of piperidine rings is 2. The van der Waals surface area contributed by atoms with Crippen LogP contribution in [0, 0.1) is 11.8 Å². The van der Waals surface area contributed by atoms with E-state index in [1.165, 1.54) is 6.42 Å². The highest BCUT2D eigenvalue weighted by atomic mass is 35.5. The third kappa shape index (κ3) is 10.2. The molecule has 0 spiro atoms. The third-order valence-corrected chi connectivity index (χ3v) is 10.9. The van der Waals surface area contributed by atoms with Crippen LogP contribution in [0.1, 0.15) is 103 Å². The smallest absolute Gasteiger partial charge is 0.325 e. The summed E-state index contributed by atoms with van der Waals surface area (Å²) in [7, 11) is 0. The maximum atomic E-state index is 14.9. The lowest BCUT2D eigenvalue weighted by Gasteiger charge is -2.38. The molecule has 0 radical (unpaired) electrons. The van der Waals surface area contributed by atoms with Crippen LogP contribution in [-0.2, 0) is 16.8 Å². The monoisotopic (exact) mass is 735 g/mol. The molecule has 1 unspecified atom stereocenters. The molecule has 1 aliphatic carbocycles. The van der Waals surface area contributed by atoms with Crippen molar-refractivity contribution in [3.8, 4) is 5.75 Å². The topological polar surface area (TPSA) is 78.3 Å². The van der Waals surface area contributed by atoms with Gasteiger partial charge in [0, 0.05) is 71.9 Å². The molecule has 1 aromatic carbocycles. The van der Waals surface area contributed by atoms with Crippen molar-refractivity contribution in [2.75, 3.05) is 32.8 Å². The number of amides is 3. The minimum absolute atomic E-state index is 0.0491. The summed E-state index contributed by atoms with van der Waals surface area (Å²) in [6.45, 7) is 16.1. The largest absolute Gasteiger partial charge is 0.493 e. The van der Waals surface area contributed by atoms with E-state index in [-0.39, 0.29) is 35.7 Å². The van der Waals surface area contributed by atoms with E-state index in [9.17, 15) is 9.59 Å². The number of halogens is 2. The lowest BCUT2D eigenvalue weighted by atomic mass is 9.83. The van der Waals surface area contributed by atoms with Gasteiger partial charge in [-0.25, -0.2) is 4.79 Å². The van der Waals surface area contributed by atoms with E-state index in [4.69, 9.17) is 37.9 Å². The van der Waals surface area contributed by atoms with Crippen molar-refractivity contribution < 1.29 is 14.3 Å². The molecular weight excluding hydrogens is 681 g/mol. The highest BCUT2D eigenvalue weighted by Gasteiger charge is 2.36. The molecular formula is C41H55Cl2N5O3. The maximum Gasteiger partial charge on any atom is 0.325 e. The number of urea groups is 1. The summed E-state index contributed by atoms with van der Waals surface area (Å²) in [6, 6.07) is 9.44. The Hall–Kier alpha value is -3.36. The number of hydrogen-bond acceptors (Lipinski definition) is 5. The first-order valence-electron chi connectivity index (χ1n) is 18.6. The number of carbonyl (C=O) groups is 2. The fourth-order valence-electron chi connectivity index (χ4n) is 7.05. The Bertz CT molecular complexity index is 1610. The Morgan fingerprint density at radius 3 is 2.27 bits per heavy atom. The zero-order valence-corrected chi connectivity index (χ0v) is 32.8. The van der Waals surface area contributed by atoms with E-state index in [0.717, 1.165) is 56.5 Å². The van der Waals surface area contributed by atoms with E-state index >= 15 is 0 Å². The molecule has 3 amide bonds. The van der Waals surface area contributed by atoms with Gasteiger partial charge in [-0.05, 0) is 89.0 Å². The summed E-state index contributed by atoms with van der Waals surface area (Å²) >= 11 is 12.6. The minimum Gasteiger partial charge on any atom is -0.493 e. The first-order valence-corrected chi connectivity index (χ1v) is 19.4. The van der Waals surface area contributed by atoms with Crippen LogP contribution in [0.4, 0.5) is 4.79 Å². The van der Waals surface area contributed by atoms with Crippen LogP contribution in [-0.4, -0.2) is 75.8 Å². The molecule has 1 aromatic heterocycles. The number of rotatable bonds is 9. The van der Waals surface area contributed by atoms with Crippen molar-refractivity contribution in [1.82, 2.24) is 19.7 Å². The molecule has 2 aliphatic heterocycles. The molecule has 2 fully saturated rings. The molecule has 10 heteroatoms. The van der Waals surface area contributed by atoms with Gasteiger partial charge in [0.15, 0.2) is 0 Å². The van der Waals surface area contributed by atoms with Crippen LogP contribution in [0.2, 0.25) is 5.02 Å². The number of carbonyl (C=O) groups excluding carboxylic acids is 2. The first-order chi connectivity index (χ1) is 24.2. The van der Waals surface area contributed by atoms with Gasteiger partial charge < -0.3 is 14.5 Å². The number of amidine groups is 1. The second-order valence-electron chi connectivity index (χ2n) is 15.7. The average Bonchev–Trinajstić information content (AvgIpc) is 3.11. The molecule has 276 valence electrons. The number of aliphatic imine (C=N–C) groups is 1. The van der Waals surface area contributed by atoms with Crippen molar-refractivity contribution in [1.29, 1.82) is 0 Å². The van der Waals surface area contributed by atoms with E-state index < -0.39 is 5.54 Å². The van der Waals surface area contributed by atoms with Gasteiger partial charge in [0.05, 0.1) is 24.3 Å². The molecule has 51 heavy (non-hydrogen) atoms. The molecule has 2 aromatic rings. The number of hydrogen-bond donors (Lipinski definition) is 0. The fraction of sp³-hybridized carbons (Fsp3) is 0.561. The Balaban J connectivity index is 1.53.